The highest BCUT2D eigenvalue weighted by Gasteiger charge is 2.10. The Balaban J connectivity index is 1.59. The number of aryl methyl sites for hydroxylation is 1. The van der Waals surface area contributed by atoms with Crippen LogP contribution < -0.4 is 10.1 Å². The number of carbonyl (C=O) groups is 1. The molecule has 7 heteroatoms. The molecule has 3 rings (SSSR count). The maximum absolute atomic E-state index is 12.0. The molecule has 0 fully saturated rings. The molecule has 0 bridgehead atoms. The van der Waals surface area contributed by atoms with E-state index in [0.29, 0.717) is 22.3 Å². The number of nitrogens with one attached hydrogen (secondary N) is 1. The van der Waals surface area contributed by atoms with E-state index in [9.17, 15) is 4.79 Å². The number of amides is 1. The van der Waals surface area contributed by atoms with Crippen molar-refractivity contribution in [3.63, 3.8) is 0 Å². The number of fused-ring (bicyclic) bond motifs is 1. The van der Waals surface area contributed by atoms with Crippen LogP contribution in [0, 0.1) is 0 Å². The predicted octanol–water partition coefficient (Wildman–Crippen LogP) is 3.58. The van der Waals surface area contributed by atoms with Crippen molar-refractivity contribution in [3.05, 3.63) is 58.3 Å². The van der Waals surface area contributed by atoms with Gasteiger partial charge in [0.1, 0.15) is 11.6 Å². The van der Waals surface area contributed by atoms with Crippen molar-refractivity contribution in [3.8, 4) is 5.75 Å². The fourth-order valence-electron chi connectivity index (χ4n) is 2.31. The van der Waals surface area contributed by atoms with Gasteiger partial charge in [-0.3, -0.25) is 4.79 Å². The first-order valence-corrected chi connectivity index (χ1v) is 8.05. The number of rotatable bonds is 5. The fraction of sp³-hybridized carbons (Fsp3) is 0.176. The van der Waals surface area contributed by atoms with Crippen LogP contribution in [0.5, 0.6) is 5.75 Å². The molecule has 0 aliphatic heterocycles. The minimum Gasteiger partial charge on any atom is -0.482 e. The van der Waals surface area contributed by atoms with Crippen LogP contribution >= 0.6 is 23.2 Å². The van der Waals surface area contributed by atoms with E-state index in [1.807, 2.05) is 35.9 Å². The molecule has 24 heavy (non-hydrogen) atoms. The standard InChI is InChI=1S/C17H15Cl2N3O2/c1-22-14-5-3-2-4-13(14)21-16(22)9-20-17(23)10-24-15-8-11(18)6-7-12(15)19/h2-8H,9-10H2,1H3,(H,20,23). The summed E-state index contributed by atoms with van der Waals surface area (Å²) in [6.45, 7) is 0.167. The summed E-state index contributed by atoms with van der Waals surface area (Å²) in [5.41, 5.74) is 1.91. The van der Waals surface area contributed by atoms with Crippen LogP contribution in [0.4, 0.5) is 0 Å². The predicted molar refractivity (Wildman–Crippen MR) is 94.5 cm³/mol. The van der Waals surface area contributed by atoms with Gasteiger partial charge >= 0.3 is 0 Å². The van der Waals surface area contributed by atoms with E-state index >= 15 is 0 Å². The van der Waals surface area contributed by atoms with E-state index in [0.717, 1.165) is 16.9 Å². The molecule has 124 valence electrons. The van der Waals surface area contributed by atoms with E-state index in [-0.39, 0.29) is 12.5 Å². The van der Waals surface area contributed by atoms with Crippen LogP contribution in [0.2, 0.25) is 10.0 Å². The molecule has 1 N–H and O–H groups in total. The first-order chi connectivity index (χ1) is 11.5. The minimum absolute atomic E-state index is 0.149. The summed E-state index contributed by atoms with van der Waals surface area (Å²) in [5.74, 6) is 0.880. The van der Waals surface area contributed by atoms with Gasteiger partial charge in [0.05, 0.1) is 22.6 Å². The highest BCUT2D eigenvalue weighted by molar-refractivity contribution is 6.34. The van der Waals surface area contributed by atoms with Crippen molar-refractivity contribution in [1.29, 1.82) is 0 Å². The van der Waals surface area contributed by atoms with E-state index in [1.165, 1.54) is 0 Å². The molecule has 0 radical (unpaired) electrons. The summed E-state index contributed by atoms with van der Waals surface area (Å²) < 4.78 is 7.35. The monoisotopic (exact) mass is 363 g/mol. The Morgan fingerprint density at radius 1 is 1.25 bits per heavy atom. The van der Waals surface area contributed by atoms with E-state index in [4.69, 9.17) is 27.9 Å². The zero-order valence-corrected chi connectivity index (χ0v) is 14.4. The third kappa shape index (κ3) is 3.63. The summed E-state index contributed by atoms with van der Waals surface area (Å²) >= 11 is 11.9. The number of hydrogen-bond acceptors (Lipinski definition) is 3. The summed E-state index contributed by atoms with van der Waals surface area (Å²) in [4.78, 5) is 16.5. The molecule has 0 spiro atoms. The Morgan fingerprint density at radius 2 is 2.04 bits per heavy atom. The van der Waals surface area contributed by atoms with E-state index in [2.05, 4.69) is 10.3 Å². The summed E-state index contributed by atoms with van der Waals surface area (Å²) in [6, 6.07) is 12.7. The lowest BCUT2D eigenvalue weighted by molar-refractivity contribution is -0.123. The number of hydrogen-bond donors (Lipinski definition) is 1. The normalized spacial score (nSPS) is 10.8. The summed E-state index contributed by atoms with van der Waals surface area (Å²) in [6.07, 6.45) is 0. The SMILES string of the molecule is Cn1c(CNC(=O)COc2cc(Cl)ccc2Cl)nc2ccccc21. The smallest absolute Gasteiger partial charge is 0.258 e. The van der Waals surface area contributed by atoms with Gasteiger partial charge < -0.3 is 14.6 Å². The third-order valence-corrected chi connectivity index (χ3v) is 4.12. The first-order valence-electron chi connectivity index (χ1n) is 7.29. The number of aromatic nitrogens is 2. The zero-order chi connectivity index (χ0) is 17.1. The molecule has 1 heterocycles. The lowest BCUT2D eigenvalue weighted by atomic mass is 10.3. The van der Waals surface area contributed by atoms with Crippen LogP contribution in [0.3, 0.4) is 0 Å². The number of ether oxygens (including phenoxy) is 1. The molecule has 2 aromatic carbocycles. The van der Waals surface area contributed by atoms with Crippen molar-refractivity contribution >= 4 is 40.1 Å². The number of nitrogens with zero attached hydrogens (tertiary/aromatic N) is 2. The highest BCUT2D eigenvalue weighted by Crippen LogP contribution is 2.27. The van der Waals surface area contributed by atoms with Gasteiger partial charge in [0.25, 0.3) is 5.91 Å². The molecule has 1 amide bonds. The van der Waals surface area contributed by atoms with Crippen molar-refractivity contribution in [2.24, 2.45) is 7.05 Å². The van der Waals surface area contributed by atoms with Gasteiger partial charge in [0.2, 0.25) is 0 Å². The fourth-order valence-corrected chi connectivity index (χ4v) is 2.65. The van der Waals surface area contributed by atoms with Gasteiger partial charge in [0.15, 0.2) is 6.61 Å². The number of benzene rings is 2. The topological polar surface area (TPSA) is 56.2 Å². The molecule has 3 aromatic rings. The Hall–Kier alpha value is -2.24. The van der Waals surface area contributed by atoms with Crippen LogP contribution in [0.1, 0.15) is 5.82 Å². The van der Waals surface area contributed by atoms with Gasteiger partial charge in [-0.25, -0.2) is 4.98 Å². The average molecular weight is 364 g/mol. The second kappa shape index (κ2) is 7.11. The Morgan fingerprint density at radius 3 is 2.83 bits per heavy atom. The summed E-state index contributed by atoms with van der Waals surface area (Å²) in [5, 5.41) is 3.68. The molecule has 0 saturated carbocycles. The second-order valence-corrected chi connectivity index (χ2v) is 6.06. The Bertz CT molecular complexity index is 893. The molecule has 0 aliphatic rings. The van der Waals surface area contributed by atoms with Crippen LogP contribution in [0.25, 0.3) is 11.0 Å². The molecule has 0 aliphatic carbocycles. The van der Waals surface area contributed by atoms with Crippen molar-refractivity contribution in [2.45, 2.75) is 6.54 Å². The number of imidazole rings is 1. The van der Waals surface area contributed by atoms with Crippen LogP contribution in [-0.4, -0.2) is 22.1 Å². The zero-order valence-electron chi connectivity index (χ0n) is 12.9. The van der Waals surface area contributed by atoms with Gasteiger partial charge in [-0.2, -0.15) is 0 Å². The van der Waals surface area contributed by atoms with Crippen LogP contribution in [0.15, 0.2) is 42.5 Å². The van der Waals surface area contributed by atoms with Gasteiger partial charge in [0, 0.05) is 18.1 Å². The van der Waals surface area contributed by atoms with E-state index in [1.54, 1.807) is 18.2 Å². The lowest BCUT2D eigenvalue weighted by Gasteiger charge is -2.09. The van der Waals surface area contributed by atoms with E-state index < -0.39 is 0 Å². The maximum atomic E-state index is 12.0. The Labute approximate surface area is 149 Å². The van der Waals surface area contributed by atoms with Crippen molar-refractivity contribution < 1.29 is 9.53 Å². The molecule has 0 atom stereocenters. The highest BCUT2D eigenvalue weighted by atomic mass is 35.5. The third-order valence-electron chi connectivity index (χ3n) is 3.58. The molecule has 1 aromatic heterocycles. The summed E-state index contributed by atoms with van der Waals surface area (Å²) in [7, 11) is 1.92. The van der Waals surface area contributed by atoms with Gasteiger partial charge in [-0.1, -0.05) is 35.3 Å². The maximum Gasteiger partial charge on any atom is 0.258 e. The molecule has 5 nitrogen and oxygen atoms in total. The Kier molecular flexibility index (Phi) is 4.92. The quantitative estimate of drug-likeness (QED) is 0.753. The largest absolute Gasteiger partial charge is 0.482 e. The van der Waals surface area contributed by atoms with Crippen molar-refractivity contribution in [2.75, 3.05) is 6.61 Å². The second-order valence-electron chi connectivity index (χ2n) is 5.22. The minimum atomic E-state index is -0.266. The first kappa shape index (κ1) is 16.6. The average Bonchev–Trinajstić information content (AvgIpc) is 2.90. The molecule has 0 saturated heterocycles. The van der Waals surface area contributed by atoms with Crippen molar-refractivity contribution in [1.82, 2.24) is 14.9 Å². The number of para-hydroxylation sites is 2. The van der Waals surface area contributed by atoms with Crippen LogP contribution in [-0.2, 0) is 18.4 Å². The molecule has 0 unspecified atom stereocenters. The molecular formula is C17H15Cl2N3O2. The lowest BCUT2D eigenvalue weighted by Crippen LogP contribution is -2.29. The van der Waals surface area contributed by atoms with Gasteiger partial charge in [-0.05, 0) is 24.3 Å². The van der Waals surface area contributed by atoms with Gasteiger partial charge in [-0.15, -0.1) is 0 Å². The number of halogens is 2. The molecular weight excluding hydrogens is 349 g/mol. The number of carbonyl (C=O) groups excluding carboxylic acids is 1.